The van der Waals surface area contributed by atoms with E-state index in [0.29, 0.717) is 5.70 Å². The summed E-state index contributed by atoms with van der Waals surface area (Å²) in [5.41, 5.74) is 2.78. The van der Waals surface area contributed by atoms with Crippen LogP contribution in [0.4, 0.5) is 0 Å². The fraction of sp³-hybridized carbons (Fsp3) is 0.308. The fourth-order valence-corrected chi connectivity index (χ4v) is 2.13. The van der Waals surface area contributed by atoms with E-state index < -0.39 is 5.97 Å². The van der Waals surface area contributed by atoms with Crippen molar-refractivity contribution < 1.29 is 9.90 Å². The number of fused-ring (bicyclic) bond motifs is 1. The van der Waals surface area contributed by atoms with Crippen molar-refractivity contribution in [3.63, 3.8) is 0 Å². The standard InChI is InChI=1S/C13H15NO2/c1-13(2)8-9-5-3-4-6-10(9)11(14-13)7-12(15)16/h3-7,14H,8H2,1-2H3,(H,15,16). The van der Waals surface area contributed by atoms with E-state index in [1.54, 1.807) is 0 Å². The minimum absolute atomic E-state index is 0.102. The summed E-state index contributed by atoms with van der Waals surface area (Å²) in [5, 5.41) is 12.1. The Hall–Kier alpha value is -1.77. The molecule has 0 aromatic heterocycles. The third-order valence-electron chi connectivity index (χ3n) is 2.68. The average molecular weight is 217 g/mol. The molecule has 1 aliphatic rings. The first-order valence-electron chi connectivity index (χ1n) is 5.29. The summed E-state index contributed by atoms with van der Waals surface area (Å²) in [7, 11) is 0. The van der Waals surface area contributed by atoms with Gasteiger partial charge in [0.05, 0.1) is 0 Å². The van der Waals surface area contributed by atoms with Crippen LogP contribution in [0, 0.1) is 0 Å². The molecular weight excluding hydrogens is 202 g/mol. The molecular formula is C13H15NO2. The molecule has 84 valence electrons. The van der Waals surface area contributed by atoms with Crippen molar-refractivity contribution in [1.29, 1.82) is 0 Å². The fourth-order valence-electron chi connectivity index (χ4n) is 2.13. The van der Waals surface area contributed by atoms with Gasteiger partial charge in [0.25, 0.3) is 0 Å². The Balaban J connectivity index is 2.52. The Labute approximate surface area is 94.8 Å². The van der Waals surface area contributed by atoms with E-state index in [9.17, 15) is 4.79 Å². The van der Waals surface area contributed by atoms with E-state index in [1.165, 1.54) is 11.6 Å². The number of carboxylic acids is 1. The van der Waals surface area contributed by atoms with Crippen molar-refractivity contribution in [1.82, 2.24) is 5.32 Å². The number of hydrogen-bond acceptors (Lipinski definition) is 2. The molecule has 0 atom stereocenters. The molecule has 0 aliphatic carbocycles. The van der Waals surface area contributed by atoms with Crippen molar-refractivity contribution in [2.45, 2.75) is 25.8 Å². The van der Waals surface area contributed by atoms with Crippen LogP contribution in [0.5, 0.6) is 0 Å². The summed E-state index contributed by atoms with van der Waals surface area (Å²) in [5.74, 6) is -0.921. The van der Waals surface area contributed by atoms with Crippen LogP contribution in [-0.4, -0.2) is 16.6 Å². The quantitative estimate of drug-likeness (QED) is 0.708. The summed E-state index contributed by atoms with van der Waals surface area (Å²) in [6.07, 6.45) is 2.14. The first kappa shape index (κ1) is 10.7. The molecule has 0 radical (unpaired) electrons. The van der Waals surface area contributed by atoms with Gasteiger partial charge in [0.2, 0.25) is 0 Å². The number of aliphatic carboxylic acids is 1. The van der Waals surface area contributed by atoms with E-state index in [1.807, 2.05) is 24.3 Å². The van der Waals surface area contributed by atoms with Crippen molar-refractivity contribution >= 4 is 11.7 Å². The lowest BCUT2D eigenvalue weighted by molar-refractivity contribution is -0.131. The maximum Gasteiger partial charge on any atom is 0.330 e. The van der Waals surface area contributed by atoms with Crippen molar-refractivity contribution in [3.8, 4) is 0 Å². The summed E-state index contributed by atoms with van der Waals surface area (Å²) in [6, 6.07) is 7.91. The van der Waals surface area contributed by atoms with Crippen molar-refractivity contribution in [2.24, 2.45) is 0 Å². The number of nitrogens with one attached hydrogen (secondary N) is 1. The van der Waals surface area contributed by atoms with Gasteiger partial charge in [-0.1, -0.05) is 24.3 Å². The molecule has 1 aromatic carbocycles. The van der Waals surface area contributed by atoms with E-state index in [-0.39, 0.29) is 5.54 Å². The van der Waals surface area contributed by atoms with Crippen LogP contribution in [0.25, 0.3) is 5.70 Å². The highest BCUT2D eigenvalue weighted by Crippen LogP contribution is 2.29. The molecule has 0 amide bonds. The summed E-state index contributed by atoms with van der Waals surface area (Å²) in [4.78, 5) is 10.8. The monoisotopic (exact) mass is 217 g/mol. The Morgan fingerprint density at radius 1 is 1.44 bits per heavy atom. The highest BCUT2D eigenvalue weighted by molar-refractivity contribution is 5.90. The SMILES string of the molecule is CC1(C)Cc2ccccc2C(=CC(=O)O)N1. The molecule has 0 saturated carbocycles. The smallest absolute Gasteiger partial charge is 0.330 e. The van der Waals surface area contributed by atoms with Crippen molar-refractivity contribution in [2.75, 3.05) is 0 Å². The average Bonchev–Trinajstić information content (AvgIpc) is 2.14. The third-order valence-corrected chi connectivity index (χ3v) is 2.68. The van der Waals surface area contributed by atoms with Gasteiger partial charge >= 0.3 is 5.97 Å². The summed E-state index contributed by atoms with van der Waals surface area (Å²) < 4.78 is 0. The lowest BCUT2D eigenvalue weighted by atomic mass is 9.86. The molecule has 3 heteroatoms. The second-order valence-corrected chi connectivity index (χ2v) is 4.74. The molecule has 0 saturated heterocycles. The van der Waals surface area contributed by atoms with E-state index in [0.717, 1.165) is 12.0 Å². The Bertz CT molecular complexity index is 461. The minimum Gasteiger partial charge on any atom is -0.478 e. The Morgan fingerprint density at radius 2 is 2.12 bits per heavy atom. The lowest BCUT2D eigenvalue weighted by Gasteiger charge is -2.35. The van der Waals surface area contributed by atoms with Crippen LogP contribution in [0.2, 0.25) is 0 Å². The molecule has 2 N–H and O–H groups in total. The van der Waals surface area contributed by atoms with Gasteiger partial charge in [-0.25, -0.2) is 4.79 Å². The van der Waals surface area contributed by atoms with Crippen molar-refractivity contribution in [3.05, 3.63) is 41.5 Å². The molecule has 0 fully saturated rings. The van der Waals surface area contributed by atoms with E-state index >= 15 is 0 Å². The van der Waals surface area contributed by atoms with Crippen LogP contribution in [0.15, 0.2) is 30.3 Å². The zero-order chi connectivity index (χ0) is 11.8. The molecule has 1 aromatic rings. The first-order valence-corrected chi connectivity index (χ1v) is 5.29. The topological polar surface area (TPSA) is 49.3 Å². The normalized spacial score (nSPS) is 20.0. The second-order valence-electron chi connectivity index (χ2n) is 4.74. The lowest BCUT2D eigenvalue weighted by Crippen LogP contribution is -2.43. The predicted octanol–water partition coefficient (Wildman–Crippen LogP) is 2.04. The number of carboxylic acid groups (broad SMARTS) is 1. The number of rotatable bonds is 1. The maximum absolute atomic E-state index is 10.8. The molecule has 1 aliphatic heterocycles. The predicted molar refractivity (Wildman–Crippen MR) is 63.0 cm³/mol. The van der Waals surface area contributed by atoms with Crippen LogP contribution in [-0.2, 0) is 11.2 Å². The maximum atomic E-state index is 10.8. The zero-order valence-electron chi connectivity index (χ0n) is 9.45. The summed E-state index contributed by atoms with van der Waals surface area (Å²) >= 11 is 0. The Morgan fingerprint density at radius 3 is 2.81 bits per heavy atom. The zero-order valence-corrected chi connectivity index (χ0v) is 9.45. The van der Waals surface area contributed by atoms with Crippen LogP contribution < -0.4 is 5.32 Å². The molecule has 1 heterocycles. The molecule has 0 unspecified atom stereocenters. The Kier molecular flexibility index (Phi) is 2.46. The van der Waals surface area contributed by atoms with E-state index in [2.05, 4.69) is 19.2 Å². The van der Waals surface area contributed by atoms with Crippen LogP contribution in [0.1, 0.15) is 25.0 Å². The highest BCUT2D eigenvalue weighted by Gasteiger charge is 2.27. The van der Waals surface area contributed by atoms with Gasteiger partial charge in [-0.15, -0.1) is 0 Å². The van der Waals surface area contributed by atoms with Crippen LogP contribution in [0.3, 0.4) is 0 Å². The van der Waals surface area contributed by atoms with Gasteiger partial charge in [0.1, 0.15) is 0 Å². The van der Waals surface area contributed by atoms with Gasteiger partial charge in [-0.3, -0.25) is 0 Å². The highest BCUT2D eigenvalue weighted by atomic mass is 16.4. The number of carbonyl (C=O) groups is 1. The molecule has 3 nitrogen and oxygen atoms in total. The molecule has 16 heavy (non-hydrogen) atoms. The first-order chi connectivity index (χ1) is 7.48. The molecule has 0 spiro atoms. The number of hydrogen-bond donors (Lipinski definition) is 2. The third kappa shape index (κ3) is 2.08. The van der Waals surface area contributed by atoms with Gasteiger partial charge in [-0.2, -0.15) is 0 Å². The van der Waals surface area contributed by atoms with Gasteiger partial charge in [0, 0.05) is 22.9 Å². The molecule has 0 bridgehead atoms. The van der Waals surface area contributed by atoms with Gasteiger partial charge < -0.3 is 10.4 Å². The van der Waals surface area contributed by atoms with E-state index in [4.69, 9.17) is 5.11 Å². The minimum atomic E-state index is -0.921. The van der Waals surface area contributed by atoms with Crippen LogP contribution >= 0.6 is 0 Å². The largest absolute Gasteiger partial charge is 0.478 e. The van der Waals surface area contributed by atoms with Gasteiger partial charge in [-0.05, 0) is 25.8 Å². The van der Waals surface area contributed by atoms with Gasteiger partial charge in [0.15, 0.2) is 0 Å². The summed E-state index contributed by atoms with van der Waals surface area (Å²) in [6.45, 7) is 4.14. The number of benzene rings is 1. The second kappa shape index (κ2) is 3.67. The molecule has 2 rings (SSSR count).